The fourth-order valence-corrected chi connectivity index (χ4v) is 3.88. The van der Waals surface area contributed by atoms with E-state index in [1.807, 2.05) is 30.3 Å². The Morgan fingerprint density at radius 3 is 2.52 bits per heavy atom. The van der Waals surface area contributed by atoms with Crippen molar-refractivity contribution in [3.63, 3.8) is 0 Å². The Morgan fingerprint density at radius 1 is 1.24 bits per heavy atom. The summed E-state index contributed by atoms with van der Waals surface area (Å²) in [7, 11) is -1.70. The quantitative estimate of drug-likeness (QED) is 0.685. The molecule has 0 radical (unpaired) electrons. The van der Waals surface area contributed by atoms with E-state index in [4.69, 9.17) is 0 Å². The van der Waals surface area contributed by atoms with Gasteiger partial charge < -0.3 is 15.2 Å². The lowest BCUT2D eigenvalue weighted by molar-refractivity contribution is 0.0783. The number of rotatable bonds is 6. The summed E-state index contributed by atoms with van der Waals surface area (Å²) in [4.78, 5) is 41.1. The first-order valence-corrected chi connectivity index (χ1v) is 10.8. The number of hydrogen-bond donors (Lipinski definition) is 2. The molecule has 0 atom stereocenters. The Labute approximate surface area is 168 Å². The number of nitrogens with zero attached hydrogens (tertiary/aromatic N) is 2. The highest BCUT2D eigenvalue weighted by Gasteiger charge is 2.34. The molecule has 1 aromatic carbocycles. The molecule has 2 aromatic rings. The van der Waals surface area contributed by atoms with Crippen molar-refractivity contribution in [2.45, 2.75) is 12.6 Å². The van der Waals surface area contributed by atoms with Crippen molar-refractivity contribution in [2.75, 3.05) is 26.4 Å². The van der Waals surface area contributed by atoms with Crippen molar-refractivity contribution in [1.29, 1.82) is 0 Å². The third-order valence-corrected chi connectivity index (χ3v) is 5.89. The standard InChI is InChI=1S/C19H22N4O5S/c1-22(10-13-6-4-3-5-7-13)19(26)16-8-14(9-20-18(16)25)17(24)21-15-11-23(12-15)29(2,27)28/h3-9,15H,10-12H2,1-2H3,(H,20,25)(H,21,24). The van der Waals surface area contributed by atoms with Gasteiger partial charge in [-0.3, -0.25) is 14.4 Å². The Bertz CT molecular complexity index is 1080. The van der Waals surface area contributed by atoms with E-state index >= 15 is 0 Å². The molecule has 1 saturated heterocycles. The summed E-state index contributed by atoms with van der Waals surface area (Å²) < 4.78 is 24.0. The Hall–Kier alpha value is -2.98. The highest BCUT2D eigenvalue weighted by Crippen LogP contribution is 2.13. The van der Waals surface area contributed by atoms with Crippen LogP contribution in [0, 0.1) is 0 Å². The van der Waals surface area contributed by atoms with Crippen LogP contribution in [0.1, 0.15) is 26.3 Å². The van der Waals surface area contributed by atoms with Gasteiger partial charge in [0.25, 0.3) is 17.4 Å². The van der Waals surface area contributed by atoms with Gasteiger partial charge in [0.2, 0.25) is 10.0 Å². The monoisotopic (exact) mass is 418 g/mol. The Morgan fingerprint density at radius 2 is 1.90 bits per heavy atom. The molecule has 2 heterocycles. The van der Waals surface area contributed by atoms with Crippen molar-refractivity contribution < 1.29 is 18.0 Å². The van der Waals surface area contributed by atoms with Gasteiger partial charge in [0.15, 0.2) is 0 Å². The van der Waals surface area contributed by atoms with Gasteiger partial charge in [-0.15, -0.1) is 0 Å². The maximum atomic E-state index is 12.7. The van der Waals surface area contributed by atoms with Gasteiger partial charge in [-0.1, -0.05) is 30.3 Å². The molecule has 29 heavy (non-hydrogen) atoms. The van der Waals surface area contributed by atoms with E-state index in [1.165, 1.54) is 21.5 Å². The van der Waals surface area contributed by atoms with Crippen LogP contribution in [0.15, 0.2) is 47.4 Å². The first kappa shape index (κ1) is 20.7. The fraction of sp³-hybridized carbons (Fsp3) is 0.316. The zero-order chi connectivity index (χ0) is 21.2. The molecule has 3 rings (SSSR count). The molecule has 154 valence electrons. The second kappa shape index (κ2) is 8.18. The van der Waals surface area contributed by atoms with Crippen molar-refractivity contribution in [2.24, 2.45) is 0 Å². The minimum atomic E-state index is -3.27. The number of aromatic nitrogens is 1. The summed E-state index contributed by atoms with van der Waals surface area (Å²) in [5, 5.41) is 2.70. The maximum Gasteiger partial charge on any atom is 0.260 e. The number of sulfonamides is 1. The second-order valence-corrected chi connectivity index (χ2v) is 9.01. The van der Waals surface area contributed by atoms with Gasteiger partial charge in [-0.05, 0) is 11.6 Å². The van der Waals surface area contributed by atoms with Crippen LogP contribution < -0.4 is 10.9 Å². The summed E-state index contributed by atoms with van der Waals surface area (Å²) in [5.74, 6) is -0.990. The average molecular weight is 418 g/mol. The zero-order valence-corrected chi connectivity index (χ0v) is 16.9. The largest absolute Gasteiger partial charge is 0.347 e. The fourth-order valence-electron chi connectivity index (χ4n) is 2.98. The summed E-state index contributed by atoms with van der Waals surface area (Å²) in [6.45, 7) is 0.706. The SMILES string of the molecule is CN(Cc1ccccc1)C(=O)c1cc(C(=O)NC2CN(S(C)(=O)=O)C2)c[nH]c1=O. The predicted octanol–water partition coefficient (Wildman–Crippen LogP) is 0.0207. The van der Waals surface area contributed by atoms with Crippen molar-refractivity contribution in [1.82, 2.24) is 19.5 Å². The van der Waals surface area contributed by atoms with Crippen molar-refractivity contribution in [3.8, 4) is 0 Å². The smallest absolute Gasteiger partial charge is 0.260 e. The number of amides is 2. The van der Waals surface area contributed by atoms with E-state index in [2.05, 4.69) is 10.3 Å². The molecule has 0 unspecified atom stereocenters. The van der Waals surface area contributed by atoms with Gasteiger partial charge in [0, 0.05) is 32.9 Å². The van der Waals surface area contributed by atoms with Crippen LogP contribution in [0.5, 0.6) is 0 Å². The van der Waals surface area contributed by atoms with E-state index in [0.717, 1.165) is 11.8 Å². The molecule has 2 N–H and O–H groups in total. The highest BCUT2D eigenvalue weighted by atomic mass is 32.2. The molecule has 1 aliphatic heterocycles. The van der Waals surface area contributed by atoms with Crippen LogP contribution in [0.3, 0.4) is 0 Å². The van der Waals surface area contributed by atoms with Crippen LogP contribution in [0.2, 0.25) is 0 Å². The van der Waals surface area contributed by atoms with E-state index in [9.17, 15) is 22.8 Å². The molecule has 0 spiro atoms. The molecule has 9 nitrogen and oxygen atoms in total. The average Bonchev–Trinajstić information content (AvgIpc) is 2.63. The lowest BCUT2D eigenvalue weighted by atomic mass is 10.1. The number of carbonyl (C=O) groups is 2. The van der Waals surface area contributed by atoms with Gasteiger partial charge >= 0.3 is 0 Å². The number of H-pyrrole nitrogens is 1. The first-order valence-electron chi connectivity index (χ1n) is 8.93. The molecular weight excluding hydrogens is 396 g/mol. The van der Waals surface area contributed by atoms with Gasteiger partial charge in [-0.2, -0.15) is 4.31 Å². The Kier molecular flexibility index (Phi) is 5.85. The van der Waals surface area contributed by atoms with E-state index in [1.54, 1.807) is 7.05 Å². The number of benzene rings is 1. The summed E-state index contributed by atoms with van der Waals surface area (Å²) in [5.41, 5.74) is 0.314. The lowest BCUT2D eigenvalue weighted by Gasteiger charge is -2.37. The van der Waals surface area contributed by atoms with Gasteiger partial charge in [0.1, 0.15) is 5.56 Å². The molecule has 0 aliphatic carbocycles. The number of aromatic amines is 1. The van der Waals surface area contributed by atoms with E-state index < -0.39 is 27.4 Å². The highest BCUT2D eigenvalue weighted by molar-refractivity contribution is 7.88. The third-order valence-electron chi connectivity index (χ3n) is 4.66. The predicted molar refractivity (Wildman–Crippen MR) is 107 cm³/mol. The molecular formula is C19H22N4O5S. The Balaban J connectivity index is 1.68. The minimum absolute atomic E-state index is 0.124. The molecule has 1 fully saturated rings. The van der Waals surface area contributed by atoms with Gasteiger partial charge in [-0.25, -0.2) is 8.42 Å². The molecule has 0 saturated carbocycles. The second-order valence-electron chi connectivity index (χ2n) is 7.03. The maximum absolute atomic E-state index is 12.7. The molecule has 1 aliphatic rings. The van der Waals surface area contributed by atoms with Crippen LogP contribution in [-0.4, -0.2) is 66.9 Å². The number of hydrogen-bond acceptors (Lipinski definition) is 5. The van der Waals surface area contributed by atoms with Gasteiger partial charge in [0.05, 0.1) is 17.9 Å². The summed E-state index contributed by atoms with van der Waals surface area (Å²) in [6, 6.07) is 10.3. The van der Waals surface area contributed by atoms with Crippen LogP contribution in [-0.2, 0) is 16.6 Å². The summed E-state index contributed by atoms with van der Waals surface area (Å²) >= 11 is 0. The van der Waals surface area contributed by atoms with Crippen LogP contribution in [0.25, 0.3) is 0 Å². The van der Waals surface area contributed by atoms with Crippen molar-refractivity contribution in [3.05, 3.63) is 69.6 Å². The third kappa shape index (κ3) is 4.90. The lowest BCUT2D eigenvalue weighted by Crippen LogP contribution is -2.60. The zero-order valence-electron chi connectivity index (χ0n) is 16.1. The van der Waals surface area contributed by atoms with E-state index in [-0.39, 0.29) is 30.3 Å². The van der Waals surface area contributed by atoms with E-state index in [0.29, 0.717) is 6.54 Å². The molecule has 2 amide bonds. The molecule has 1 aromatic heterocycles. The molecule has 0 bridgehead atoms. The van der Waals surface area contributed by atoms with Crippen molar-refractivity contribution >= 4 is 21.8 Å². The summed E-state index contributed by atoms with van der Waals surface area (Å²) in [6.07, 6.45) is 2.34. The first-order chi connectivity index (χ1) is 13.6. The normalized spacial score (nSPS) is 14.8. The molecule has 10 heteroatoms. The topological polar surface area (TPSA) is 120 Å². The number of carbonyl (C=O) groups excluding carboxylic acids is 2. The van der Waals surface area contributed by atoms with Crippen LogP contribution in [0.4, 0.5) is 0 Å². The minimum Gasteiger partial charge on any atom is -0.347 e. The van der Waals surface area contributed by atoms with Crippen LogP contribution >= 0.6 is 0 Å². The number of pyridine rings is 1. The number of nitrogens with one attached hydrogen (secondary N) is 2.